The Morgan fingerprint density at radius 1 is 0.523 bits per heavy atom. The molecule has 15 atom stereocenters. The van der Waals surface area contributed by atoms with Gasteiger partial charge >= 0.3 is 17.9 Å². The zero-order valence-electron chi connectivity index (χ0n) is 24.9. The Kier molecular flexibility index (Phi) is 11.0. The van der Waals surface area contributed by atoms with Crippen LogP contribution in [-0.2, 0) is 42.8 Å². The van der Waals surface area contributed by atoms with Gasteiger partial charge in [0.15, 0.2) is 30.9 Å². The summed E-state index contributed by atoms with van der Waals surface area (Å²) in [4.78, 5) is 36.0. The van der Waals surface area contributed by atoms with Crippen molar-refractivity contribution < 1.29 is 88.8 Å². The Morgan fingerprint density at radius 2 is 0.864 bits per heavy atom. The molecule has 3 fully saturated rings. The van der Waals surface area contributed by atoms with Crippen LogP contribution in [0.25, 0.3) is 0 Å². The van der Waals surface area contributed by atoms with Crippen LogP contribution < -0.4 is 0 Å². The summed E-state index contributed by atoms with van der Waals surface area (Å²) in [6.07, 6.45) is -29.0. The molecule has 0 amide bonds. The van der Waals surface area contributed by atoms with E-state index in [0.29, 0.717) is 0 Å². The van der Waals surface area contributed by atoms with Crippen LogP contribution in [0.5, 0.6) is 0 Å². The number of carboxylic acids is 3. The summed E-state index contributed by atoms with van der Waals surface area (Å²) in [5.74, 6) is -5.06. The van der Waals surface area contributed by atoms with Gasteiger partial charge < -0.3 is 74.4 Å². The summed E-state index contributed by atoms with van der Waals surface area (Å²) in [6, 6.07) is 0. The average Bonchev–Trinajstić information content (AvgIpc) is 2.88. The van der Waals surface area contributed by atoms with E-state index in [1.54, 1.807) is 41.5 Å². The van der Waals surface area contributed by atoms with Gasteiger partial charge in [0, 0.05) is 0 Å². The third-order valence-corrected chi connectivity index (χ3v) is 7.33. The SMILES string of the molecule is CC(C)(C)O[C@@H]1C(C(=O)O)O[C@H](O[C@@H]2C(C(=O)O)O[C@H](O[C@@H]3C(C(=O)O)O[C@H](C(C)(C)C)[C@H](O)C3O)[C@H](O)C2O)[C@H](O)C1O. The standard InChI is InChI=1S/C26H42O18/c1-25(2,3)19-10(30)7(27)13(16(39-19)20(33)34)40-23-11(31)8(28)14(17(42-23)21(35)36)41-24-12(32)9(29)15(44-26(4,5)6)18(43-24)22(37)38/h7-19,23-24,27-32H,1-6H3,(H,33,34)(H,35,36)(H,37,38)/t7?,8?,9?,10-,11-,12-,13+,14+,15+,16?,17?,18?,19+,23+,24+/m1/s1. The number of carboxylic acid groups (broad SMARTS) is 3. The summed E-state index contributed by atoms with van der Waals surface area (Å²) in [5, 5.41) is 93.5. The number of hydrogen-bond acceptors (Lipinski definition) is 15. The minimum atomic E-state index is -2.23. The Balaban J connectivity index is 1.83. The largest absolute Gasteiger partial charge is 0.479 e. The molecule has 0 aromatic rings. The Bertz CT molecular complexity index is 1040. The van der Waals surface area contributed by atoms with Crippen molar-refractivity contribution in [2.75, 3.05) is 0 Å². The van der Waals surface area contributed by atoms with Gasteiger partial charge in [-0.25, -0.2) is 14.4 Å². The number of carbonyl (C=O) groups is 3. The lowest BCUT2D eigenvalue weighted by Crippen LogP contribution is -2.68. The Hall–Kier alpha value is -2.07. The number of ether oxygens (including phenoxy) is 6. The molecule has 0 spiro atoms. The third-order valence-electron chi connectivity index (χ3n) is 7.33. The predicted molar refractivity (Wildman–Crippen MR) is 139 cm³/mol. The van der Waals surface area contributed by atoms with Gasteiger partial charge in [0.25, 0.3) is 0 Å². The zero-order valence-corrected chi connectivity index (χ0v) is 24.9. The second-order valence-corrected chi connectivity index (χ2v) is 13.0. The summed E-state index contributed by atoms with van der Waals surface area (Å²) in [7, 11) is 0. The highest BCUT2D eigenvalue weighted by Crippen LogP contribution is 2.37. The highest BCUT2D eigenvalue weighted by atomic mass is 16.8. The van der Waals surface area contributed by atoms with E-state index >= 15 is 0 Å². The molecule has 0 aromatic carbocycles. The summed E-state index contributed by atoms with van der Waals surface area (Å²) >= 11 is 0. The van der Waals surface area contributed by atoms with Crippen LogP contribution in [0.1, 0.15) is 41.5 Å². The van der Waals surface area contributed by atoms with Gasteiger partial charge in [-0.05, 0) is 26.2 Å². The van der Waals surface area contributed by atoms with Gasteiger partial charge in [0.05, 0.1) is 11.7 Å². The molecule has 3 aliphatic rings. The van der Waals surface area contributed by atoms with Crippen molar-refractivity contribution in [2.45, 2.75) is 139 Å². The van der Waals surface area contributed by atoms with Crippen LogP contribution in [0, 0.1) is 5.41 Å². The van der Waals surface area contributed by atoms with Gasteiger partial charge in [-0.15, -0.1) is 0 Å². The minimum absolute atomic E-state index is 0.840. The fourth-order valence-electron chi connectivity index (χ4n) is 5.23. The van der Waals surface area contributed by atoms with E-state index in [9.17, 15) is 60.3 Å². The molecule has 3 heterocycles. The second kappa shape index (κ2) is 13.3. The molecule has 0 aliphatic carbocycles. The van der Waals surface area contributed by atoms with E-state index < -0.39 is 121 Å². The molecule has 3 saturated heterocycles. The maximum Gasteiger partial charge on any atom is 0.335 e. The van der Waals surface area contributed by atoms with Crippen LogP contribution in [0.15, 0.2) is 0 Å². The normalized spacial score (nSPS) is 43.8. The van der Waals surface area contributed by atoms with Gasteiger partial charge in [0.1, 0.15) is 54.9 Å². The Morgan fingerprint density at radius 3 is 1.23 bits per heavy atom. The molecule has 3 aliphatic heterocycles. The first-order valence-electron chi connectivity index (χ1n) is 13.8. The van der Waals surface area contributed by atoms with E-state index in [-0.39, 0.29) is 0 Å². The molecule has 18 nitrogen and oxygen atoms in total. The lowest BCUT2D eigenvalue weighted by molar-refractivity contribution is -0.367. The molecule has 18 heteroatoms. The van der Waals surface area contributed by atoms with Crippen molar-refractivity contribution in [3.63, 3.8) is 0 Å². The third kappa shape index (κ3) is 7.65. The number of aliphatic hydroxyl groups is 6. The van der Waals surface area contributed by atoms with Crippen molar-refractivity contribution in [2.24, 2.45) is 5.41 Å². The van der Waals surface area contributed by atoms with Gasteiger partial charge in [-0.3, -0.25) is 0 Å². The first-order chi connectivity index (χ1) is 20.1. The Labute approximate surface area is 251 Å². The summed E-state index contributed by atoms with van der Waals surface area (Å²) < 4.78 is 32.4. The first kappa shape index (κ1) is 36.4. The van der Waals surface area contributed by atoms with Crippen LogP contribution in [-0.4, -0.2) is 161 Å². The topological polar surface area (TPSA) is 289 Å². The smallest absolute Gasteiger partial charge is 0.335 e. The fraction of sp³-hybridized carbons (Fsp3) is 0.885. The molecular formula is C26H42O18. The van der Waals surface area contributed by atoms with Gasteiger partial charge in [-0.2, -0.15) is 0 Å². The molecule has 254 valence electrons. The van der Waals surface area contributed by atoms with E-state index in [2.05, 4.69) is 0 Å². The second-order valence-electron chi connectivity index (χ2n) is 13.0. The molecule has 0 aromatic heterocycles. The first-order valence-corrected chi connectivity index (χ1v) is 13.8. The molecule has 44 heavy (non-hydrogen) atoms. The van der Waals surface area contributed by atoms with Crippen LogP contribution in [0.2, 0.25) is 0 Å². The van der Waals surface area contributed by atoms with Crippen molar-refractivity contribution in [1.82, 2.24) is 0 Å². The van der Waals surface area contributed by atoms with Gasteiger partial charge in [-0.1, -0.05) is 20.8 Å². The molecule has 0 bridgehead atoms. The van der Waals surface area contributed by atoms with Crippen molar-refractivity contribution in [3.05, 3.63) is 0 Å². The highest BCUT2D eigenvalue weighted by molar-refractivity contribution is 5.74. The molecular weight excluding hydrogens is 600 g/mol. The summed E-state index contributed by atoms with van der Waals surface area (Å²) in [5.41, 5.74) is -1.83. The molecule has 3 rings (SSSR count). The van der Waals surface area contributed by atoms with Crippen molar-refractivity contribution in [3.8, 4) is 0 Å². The summed E-state index contributed by atoms with van der Waals surface area (Å²) in [6.45, 7) is 9.54. The number of hydrogen-bond donors (Lipinski definition) is 9. The minimum Gasteiger partial charge on any atom is -0.479 e. The van der Waals surface area contributed by atoms with Crippen LogP contribution in [0.4, 0.5) is 0 Å². The molecule has 6 unspecified atom stereocenters. The van der Waals surface area contributed by atoms with E-state index in [4.69, 9.17) is 28.4 Å². The van der Waals surface area contributed by atoms with E-state index in [1.165, 1.54) is 0 Å². The quantitative estimate of drug-likeness (QED) is 0.125. The molecule has 0 saturated carbocycles. The lowest BCUT2D eigenvalue weighted by Gasteiger charge is -2.49. The number of rotatable bonds is 8. The predicted octanol–water partition coefficient (Wildman–Crippen LogP) is -3.38. The van der Waals surface area contributed by atoms with Crippen molar-refractivity contribution in [1.29, 1.82) is 0 Å². The van der Waals surface area contributed by atoms with Gasteiger partial charge in [0.2, 0.25) is 0 Å². The monoisotopic (exact) mass is 642 g/mol. The number of aliphatic carboxylic acids is 3. The highest BCUT2D eigenvalue weighted by Gasteiger charge is 2.57. The van der Waals surface area contributed by atoms with Crippen LogP contribution in [0.3, 0.4) is 0 Å². The zero-order chi connectivity index (χ0) is 33.6. The maximum absolute atomic E-state index is 12.1. The average molecular weight is 643 g/mol. The van der Waals surface area contributed by atoms with E-state index in [0.717, 1.165) is 0 Å². The lowest BCUT2D eigenvalue weighted by atomic mass is 9.80. The van der Waals surface area contributed by atoms with Crippen LogP contribution >= 0.6 is 0 Å². The van der Waals surface area contributed by atoms with Crippen molar-refractivity contribution >= 4 is 17.9 Å². The van der Waals surface area contributed by atoms with E-state index in [1.807, 2.05) is 0 Å². The molecule has 9 N–H and O–H groups in total. The molecule has 0 radical (unpaired) electrons. The maximum atomic E-state index is 12.1. The number of aliphatic hydroxyl groups excluding tert-OH is 6. The fourth-order valence-corrected chi connectivity index (χ4v) is 5.23.